The molecule has 1 rings (SSSR count). The average Bonchev–Trinajstić information content (AvgIpc) is 2.59. The van der Waals surface area contributed by atoms with Crippen molar-refractivity contribution in [2.45, 2.75) is 50.7 Å². The molecule has 0 spiro atoms. The minimum Gasteiger partial charge on any atom is -0.315 e. The van der Waals surface area contributed by atoms with E-state index >= 15 is 0 Å². The summed E-state index contributed by atoms with van der Waals surface area (Å²) in [6.07, 6.45) is 10.5. The van der Waals surface area contributed by atoms with Crippen molar-refractivity contribution in [2.24, 2.45) is 0 Å². The minimum atomic E-state index is 0.914. The van der Waals surface area contributed by atoms with Crippen molar-refractivity contribution in [1.82, 2.24) is 10.2 Å². The molecule has 1 atom stereocenters. The van der Waals surface area contributed by atoms with E-state index in [9.17, 15) is 0 Å². The van der Waals surface area contributed by atoms with Crippen molar-refractivity contribution >= 4 is 11.8 Å². The number of hydrogen-bond acceptors (Lipinski definition) is 3. The van der Waals surface area contributed by atoms with Crippen LogP contribution in [0.1, 0.15) is 45.4 Å². The van der Waals surface area contributed by atoms with Crippen LogP contribution in [0.2, 0.25) is 0 Å². The molecule has 2 nitrogen and oxygen atoms in total. The fraction of sp³-hybridized carbons (Fsp3) is 1.00. The lowest BCUT2D eigenvalue weighted by Gasteiger charge is -2.20. The SMILES string of the molecule is CCCCCNCCN1CCCC(SC)CC1. The maximum atomic E-state index is 3.57. The zero-order chi connectivity index (χ0) is 12.3. The monoisotopic (exact) mass is 258 g/mol. The minimum absolute atomic E-state index is 0.914. The highest BCUT2D eigenvalue weighted by Gasteiger charge is 2.15. The molecule has 17 heavy (non-hydrogen) atoms. The van der Waals surface area contributed by atoms with Gasteiger partial charge in [0.15, 0.2) is 0 Å². The summed E-state index contributed by atoms with van der Waals surface area (Å²) in [6.45, 7) is 8.51. The third-order valence-electron chi connectivity index (χ3n) is 3.66. The molecule has 0 radical (unpaired) electrons. The van der Waals surface area contributed by atoms with Gasteiger partial charge in [-0.15, -0.1) is 0 Å². The lowest BCUT2D eigenvalue weighted by molar-refractivity contribution is 0.284. The van der Waals surface area contributed by atoms with Crippen LogP contribution in [0.4, 0.5) is 0 Å². The van der Waals surface area contributed by atoms with Gasteiger partial charge in [0.05, 0.1) is 0 Å². The molecular weight excluding hydrogens is 228 g/mol. The molecule has 102 valence electrons. The van der Waals surface area contributed by atoms with Crippen LogP contribution in [0.3, 0.4) is 0 Å². The van der Waals surface area contributed by atoms with Gasteiger partial charge in [-0.05, 0) is 51.6 Å². The van der Waals surface area contributed by atoms with Crippen LogP contribution >= 0.6 is 11.8 Å². The lowest BCUT2D eigenvalue weighted by Crippen LogP contribution is -2.33. The highest BCUT2D eigenvalue weighted by Crippen LogP contribution is 2.20. The van der Waals surface area contributed by atoms with E-state index in [1.165, 1.54) is 71.2 Å². The number of unbranched alkanes of at least 4 members (excludes halogenated alkanes) is 2. The molecule has 0 saturated carbocycles. The predicted molar refractivity (Wildman–Crippen MR) is 80.0 cm³/mol. The summed E-state index contributed by atoms with van der Waals surface area (Å²) in [5, 5.41) is 4.48. The number of nitrogens with one attached hydrogen (secondary N) is 1. The fourth-order valence-corrected chi connectivity index (χ4v) is 3.19. The molecule has 0 bridgehead atoms. The van der Waals surface area contributed by atoms with E-state index in [-0.39, 0.29) is 0 Å². The molecule has 0 aromatic heterocycles. The molecule has 0 aromatic rings. The third kappa shape index (κ3) is 7.32. The first kappa shape index (κ1) is 15.3. The summed E-state index contributed by atoms with van der Waals surface area (Å²) in [7, 11) is 0. The van der Waals surface area contributed by atoms with Crippen molar-refractivity contribution in [1.29, 1.82) is 0 Å². The van der Waals surface area contributed by atoms with Crippen LogP contribution in [-0.2, 0) is 0 Å². The Hall–Kier alpha value is 0.270. The van der Waals surface area contributed by atoms with Crippen LogP contribution in [0.25, 0.3) is 0 Å². The van der Waals surface area contributed by atoms with Crippen molar-refractivity contribution < 1.29 is 0 Å². The first-order chi connectivity index (χ1) is 8.36. The fourth-order valence-electron chi connectivity index (χ4n) is 2.45. The molecule has 1 heterocycles. The van der Waals surface area contributed by atoms with Crippen LogP contribution in [0.5, 0.6) is 0 Å². The van der Waals surface area contributed by atoms with E-state index in [2.05, 4.69) is 35.2 Å². The Labute approximate surface area is 112 Å². The summed E-state index contributed by atoms with van der Waals surface area (Å²) in [4.78, 5) is 2.64. The molecule has 1 fully saturated rings. The summed E-state index contributed by atoms with van der Waals surface area (Å²) in [5.41, 5.74) is 0. The first-order valence-corrected chi connectivity index (χ1v) is 8.61. The van der Waals surface area contributed by atoms with Gasteiger partial charge in [-0.1, -0.05) is 19.8 Å². The Morgan fingerprint density at radius 2 is 2.06 bits per heavy atom. The normalized spacial score (nSPS) is 22.6. The Morgan fingerprint density at radius 1 is 1.18 bits per heavy atom. The van der Waals surface area contributed by atoms with Gasteiger partial charge in [0.1, 0.15) is 0 Å². The smallest absolute Gasteiger partial charge is 0.0107 e. The third-order valence-corrected chi connectivity index (χ3v) is 4.80. The summed E-state index contributed by atoms with van der Waals surface area (Å²) in [6, 6.07) is 0. The average molecular weight is 258 g/mol. The Morgan fingerprint density at radius 3 is 2.82 bits per heavy atom. The second kappa shape index (κ2) is 10.2. The number of rotatable bonds is 8. The molecule has 1 unspecified atom stereocenters. The first-order valence-electron chi connectivity index (χ1n) is 7.32. The molecule has 1 saturated heterocycles. The van der Waals surface area contributed by atoms with Gasteiger partial charge >= 0.3 is 0 Å². The van der Waals surface area contributed by atoms with E-state index in [1.54, 1.807) is 0 Å². The molecular formula is C14H30N2S. The second-order valence-corrected chi connectivity index (χ2v) is 6.23. The molecule has 1 aliphatic rings. The molecule has 0 aromatic carbocycles. The van der Waals surface area contributed by atoms with Crippen LogP contribution in [-0.4, -0.2) is 49.1 Å². The van der Waals surface area contributed by atoms with Gasteiger partial charge in [0.2, 0.25) is 0 Å². The van der Waals surface area contributed by atoms with E-state index in [0.717, 1.165) is 5.25 Å². The molecule has 0 aliphatic carbocycles. The van der Waals surface area contributed by atoms with Crippen molar-refractivity contribution in [2.75, 3.05) is 39.0 Å². The second-order valence-electron chi connectivity index (χ2n) is 5.09. The van der Waals surface area contributed by atoms with Crippen LogP contribution < -0.4 is 5.32 Å². The maximum Gasteiger partial charge on any atom is 0.0107 e. The van der Waals surface area contributed by atoms with Crippen molar-refractivity contribution in [3.05, 3.63) is 0 Å². The van der Waals surface area contributed by atoms with Crippen molar-refractivity contribution in [3.8, 4) is 0 Å². The standard InChI is InChI=1S/C14H30N2S/c1-3-4-5-9-15-10-13-16-11-6-7-14(17-2)8-12-16/h14-15H,3-13H2,1-2H3. The van der Waals surface area contributed by atoms with Gasteiger partial charge < -0.3 is 10.2 Å². The van der Waals surface area contributed by atoms with Crippen molar-refractivity contribution in [3.63, 3.8) is 0 Å². The Bertz CT molecular complexity index is 176. The van der Waals surface area contributed by atoms with Gasteiger partial charge in [-0.2, -0.15) is 11.8 Å². The molecule has 1 N–H and O–H groups in total. The van der Waals surface area contributed by atoms with E-state index in [0.29, 0.717) is 0 Å². The number of thioether (sulfide) groups is 1. The largest absolute Gasteiger partial charge is 0.315 e. The Kier molecular flexibility index (Phi) is 9.21. The zero-order valence-corrected chi connectivity index (χ0v) is 12.5. The highest BCUT2D eigenvalue weighted by molar-refractivity contribution is 7.99. The van der Waals surface area contributed by atoms with Gasteiger partial charge in [0, 0.05) is 18.3 Å². The zero-order valence-electron chi connectivity index (χ0n) is 11.7. The summed E-state index contributed by atoms with van der Waals surface area (Å²) in [5.74, 6) is 0. The van der Waals surface area contributed by atoms with Gasteiger partial charge in [0.25, 0.3) is 0 Å². The molecule has 0 amide bonds. The predicted octanol–water partition coefficient (Wildman–Crippen LogP) is 2.98. The van der Waals surface area contributed by atoms with E-state index in [4.69, 9.17) is 0 Å². The maximum absolute atomic E-state index is 3.57. The van der Waals surface area contributed by atoms with E-state index in [1.807, 2.05) is 0 Å². The number of hydrogen-bond donors (Lipinski definition) is 1. The van der Waals surface area contributed by atoms with Gasteiger partial charge in [-0.3, -0.25) is 0 Å². The number of nitrogens with zero attached hydrogens (tertiary/aromatic N) is 1. The topological polar surface area (TPSA) is 15.3 Å². The highest BCUT2D eigenvalue weighted by atomic mass is 32.2. The Balaban J connectivity index is 1.99. The summed E-state index contributed by atoms with van der Waals surface area (Å²) < 4.78 is 0. The lowest BCUT2D eigenvalue weighted by atomic mass is 10.2. The van der Waals surface area contributed by atoms with E-state index < -0.39 is 0 Å². The van der Waals surface area contributed by atoms with Crippen LogP contribution in [0.15, 0.2) is 0 Å². The number of likely N-dealkylation sites (tertiary alicyclic amines) is 1. The molecule has 1 aliphatic heterocycles. The summed E-state index contributed by atoms with van der Waals surface area (Å²) >= 11 is 2.06. The van der Waals surface area contributed by atoms with Gasteiger partial charge in [-0.25, -0.2) is 0 Å². The van der Waals surface area contributed by atoms with Crippen LogP contribution in [0, 0.1) is 0 Å². The quantitative estimate of drug-likeness (QED) is 0.674. The molecule has 3 heteroatoms.